The molecule has 0 aliphatic carbocycles. The van der Waals surface area contributed by atoms with Crippen LogP contribution < -0.4 is 0 Å². The second kappa shape index (κ2) is 40.2. The van der Waals surface area contributed by atoms with Gasteiger partial charge >= 0.3 is 17.6 Å². The van der Waals surface area contributed by atoms with Crippen LogP contribution in [0.1, 0.15) is 0 Å². The Morgan fingerprint density at radius 2 is 1.25 bits per heavy atom. The first-order valence-electron chi connectivity index (χ1n) is 0.267. The third-order valence-corrected chi connectivity index (χ3v) is 0. The van der Waals surface area contributed by atoms with Gasteiger partial charge in [0.2, 0.25) is 10.6 Å². The standard InChI is InChI=1S/FH2Si.GeH2.H3Si/c1-2;;/h2H2;1H2;1H3. The van der Waals surface area contributed by atoms with Crippen LogP contribution in [0.5, 0.6) is 0 Å². The Kier molecular flexibility index (Phi) is 207. The van der Waals surface area contributed by atoms with Gasteiger partial charge in [-0.1, -0.05) is 0 Å². The zero-order valence-electron chi connectivity index (χ0n) is 2.79. The van der Waals surface area contributed by atoms with E-state index in [1.165, 1.54) is 0 Å². The summed E-state index contributed by atoms with van der Waals surface area (Å²) in [4.78, 5) is 0. The maximum absolute atomic E-state index is 9.53. The van der Waals surface area contributed by atoms with E-state index in [-0.39, 0.29) is 28.6 Å². The summed E-state index contributed by atoms with van der Waals surface area (Å²) in [6, 6.07) is 0. The molecule has 4 heteroatoms. The second-order valence-corrected chi connectivity index (χ2v) is 0. The molecule has 0 aromatic carbocycles. The average molecular weight is 155 g/mol. The van der Waals surface area contributed by atoms with Crippen molar-refractivity contribution >= 4 is 39.1 Å². The monoisotopic (exact) mass is 156 g/mol. The van der Waals surface area contributed by atoms with Crippen molar-refractivity contribution in [3.63, 3.8) is 0 Å². The minimum atomic E-state index is 0. The largest absolute Gasteiger partial charge is 0.0125 e. The summed E-state index contributed by atoms with van der Waals surface area (Å²) in [5, 5.41) is 0. The van der Waals surface area contributed by atoms with Gasteiger partial charge in [-0.2, -0.15) is 0 Å². The van der Waals surface area contributed by atoms with Crippen molar-refractivity contribution in [1.82, 2.24) is 0 Å². The van der Waals surface area contributed by atoms with Crippen molar-refractivity contribution in [1.29, 1.82) is 0 Å². The summed E-state index contributed by atoms with van der Waals surface area (Å²) >= 11 is 0. The molecule has 0 saturated carbocycles. The van der Waals surface area contributed by atoms with Crippen molar-refractivity contribution in [2.45, 2.75) is 0 Å². The molecule has 4 heavy (non-hydrogen) atoms. The van der Waals surface area contributed by atoms with E-state index in [9.17, 15) is 4.11 Å². The number of rotatable bonds is 0. The van der Waals surface area contributed by atoms with Gasteiger partial charge in [-0.15, -0.1) is 0 Å². The zero-order chi connectivity index (χ0) is 2.00. The predicted octanol–water partition coefficient (Wildman–Crippen LogP) is -2.60. The molecule has 0 atom stereocenters. The third kappa shape index (κ3) is 12.9. The summed E-state index contributed by atoms with van der Waals surface area (Å²) in [5.41, 5.74) is 0. The molecule has 0 aromatic rings. The number of halogens is 1. The Balaban J connectivity index is -0.00000000500. The summed E-state index contributed by atoms with van der Waals surface area (Å²) in [5.74, 6) is 0. The molecule has 0 aliphatic rings. The van der Waals surface area contributed by atoms with Crippen LogP contribution in [-0.2, 0) is 0 Å². The molecular weight excluding hydrogens is 148 g/mol. The minimum absolute atomic E-state index is 0. The van der Waals surface area contributed by atoms with Crippen LogP contribution in [0.25, 0.3) is 0 Å². The molecule has 0 heterocycles. The molecule has 0 bridgehead atoms. The van der Waals surface area contributed by atoms with E-state index in [1.54, 1.807) is 0 Å². The van der Waals surface area contributed by atoms with Gasteiger partial charge < -0.3 is 4.11 Å². The zero-order valence-corrected chi connectivity index (χ0v) is 9.17. The van der Waals surface area contributed by atoms with Gasteiger partial charge in [-0.25, -0.2) is 0 Å². The molecule has 4 radical (unpaired) electrons. The number of hydrogen-bond donors (Lipinski definition) is 0. The van der Waals surface area contributed by atoms with Crippen LogP contribution in [0, 0.1) is 0 Å². The summed E-state index contributed by atoms with van der Waals surface area (Å²) in [6.07, 6.45) is 0. The van der Waals surface area contributed by atoms with Gasteiger partial charge in [-0.05, 0) is 11.0 Å². The van der Waals surface area contributed by atoms with Crippen molar-refractivity contribution in [2.24, 2.45) is 0 Å². The normalized spacial score (nSPS) is 1.50. The van der Waals surface area contributed by atoms with E-state index in [4.69, 9.17) is 0 Å². The molecule has 0 saturated heterocycles. The SMILES string of the molecule is F[SiH2].[GeH2].[SiH3]. The third-order valence-electron chi connectivity index (χ3n) is 0. The van der Waals surface area contributed by atoms with Crippen molar-refractivity contribution < 1.29 is 4.11 Å². The topological polar surface area (TPSA) is 0 Å². The first-order valence-corrected chi connectivity index (χ1v) is 0.802. The van der Waals surface area contributed by atoms with Gasteiger partial charge in [-0.3, -0.25) is 0 Å². The van der Waals surface area contributed by atoms with Crippen LogP contribution in [-0.4, -0.2) is 39.1 Å². The van der Waals surface area contributed by atoms with Crippen LogP contribution >= 0.6 is 0 Å². The maximum atomic E-state index is 9.53. The minimum Gasteiger partial charge on any atom is -0.0125 e. The maximum Gasteiger partial charge on any atom is -0.0125 e. The van der Waals surface area contributed by atoms with Crippen molar-refractivity contribution in [2.75, 3.05) is 0 Å². The Labute approximate surface area is 43.8 Å². The summed E-state index contributed by atoms with van der Waals surface area (Å²) < 4.78 is 9.53. The van der Waals surface area contributed by atoms with Gasteiger partial charge in [0.05, 0.1) is 0 Å². The molecule has 0 aliphatic heterocycles. The molecule has 0 amide bonds. The molecule has 0 nitrogen and oxygen atoms in total. The van der Waals surface area contributed by atoms with E-state index >= 15 is 0 Å². The molecule has 0 aromatic heterocycles. The fourth-order valence-electron chi connectivity index (χ4n) is 0. The van der Waals surface area contributed by atoms with Crippen LogP contribution in [0.15, 0.2) is 0 Å². The van der Waals surface area contributed by atoms with Crippen LogP contribution in [0.2, 0.25) is 0 Å². The van der Waals surface area contributed by atoms with E-state index in [1.807, 2.05) is 0 Å². The molecule has 0 rings (SSSR count). The van der Waals surface area contributed by atoms with Gasteiger partial charge in [0.15, 0.2) is 0 Å². The van der Waals surface area contributed by atoms with Gasteiger partial charge in [0.25, 0.3) is 0 Å². The molecular formula is H7FGeSi2. The summed E-state index contributed by atoms with van der Waals surface area (Å²) in [6.45, 7) is 0. The van der Waals surface area contributed by atoms with E-state index in [0.717, 1.165) is 0 Å². The second-order valence-electron chi connectivity index (χ2n) is 0. The Bertz CT molecular complexity index is 6.00. The van der Waals surface area contributed by atoms with Gasteiger partial charge in [0.1, 0.15) is 0 Å². The average Bonchev–Trinajstić information content (AvgIpc) is 1.00. The molecule has 0 fully saturated rings. The van der Waals surface area contributed by atoms with Crippen molar-refractivity contribution in [3.05, 3.63) is 0 Å². The summed E-state index contributed by atoms with van der Waals surface area (Å²) in [7, 11) is 0.361. The Hall–Kier alpha value is 0.907. The quantitative estimate of drug-likeness (QED) is 0.266. The first kappa shape index (κ1) is 20.6. The van der Waals surface area contributed by atoms with Crippen LogP contribution in [0.4, 0.5) is 4.11 Å². The van der Waals surface area contributed by atoms with E-state index in [2.05, 4.69) is 0 Å². The Morgan fingerprint density at radius 1 is 1.25 bits per heavy atom. The first-order chi connectivity index (χ1) is 1.00. The predicted molar refractivity (Wildman–Crippen MR) is 28.1 cm³/mol. The fraction of sp³-hybridized carbons (Fsp3) is 0. The molecule has 26 valence electrons. The molecule has 0 N–H and O–H groups in total. The Morgan fingerprint density at radius 3 is 1.25 bits per heavy atom. The van der Waals surface area contributed by atoms with Gasteiger partial charge in [0, 0.05) is 0 Å². The van der Waals surface area contributed by atoms with E-state index < -0.39 is 0 Å². The van der Waals surface area contributed by atoms with Crippen molar-refractivity contribution in [3.8, 4) is 0 Å². The fourth-order valence-corrected chi connectivity index (χ4v) is 0. The molecule has 0 spiro atoms. The van der Waals surface area contributed by atoms with Crippen LogP contribution in [0.3, 0.4) is 0 Å². The van der Waals surface area contributed by atoms with E-state index in [0.29, 0.717) is 10.6 Å². The molecule has 0 unspecified atom stereocenters. The number of hydrogen-bond acceptors (Lipinski definition) is 0. The smallest absolute Gasteiger partial charge is 0.0125 e.